The third kappa shape index (κ3) is 10.4. The molecule has 2 amide bonds. The van der Waals surface area contributed by atoms with Crippen molar-refractivity contribution in [3.8, 4) is 0 Å². The van der Waals surface area contributed by atoms with Gasteiger partial charge in [-0.15, -0.1) is 0 Å². The number of primary amides is 2. The quantitative estimate of drug-likeness (QED) is 0.824. The number of ether oxygens (including phenoxy) is 1. The molecule has 6 heteroatoms. The van der Waals surface area contributed by atoms with E-state index in [1.54, 1.807) is 0 Å². The molecule has 0 unspecified atom stereocenters. The zero-order chi connectivity index (χ0) is 12.4. The minimum absolute atomic E-state index is 0.0711. The minimum Gasteiger partial charge on any atom is -0.352 e. The average Bonchev–Trinajstić information content (AvgIpc) is 2.18. The van der Waals surface area contributed by atoms with Crippen LogP contribution in [0.2, 0.25) is 0 Å². The van der Waals surface area contributed by atoms with Crippen LogP contribution in [0.15, 0.2) is 30.3 Å². The summed E-state index contributed by atoms with van der Waals surface area (Å²) in [4.78, 5) is 9.00. The maximum atomic E-state index is 11.5. The fourth-order valence-electron chi connectivity index (χ4n) is 0.911. The lowest BCUT2D eigenvalue weighted by Gasteiger charge is -2.01. The fraction of sp³-hybridized carbons (Fsp3) is 0.300. The monoisotopic (exact) mass is 232 g/mol. The Morgan fingerprint density at radius 2 is 1.75 bits per heavy atom. The van der Waals surface area contributed by atoms with E-state index in [1.165, 1.54) is 0 Å². The molecule has 0 saturated carbocycles. The first-order valence-electron chi connectivity index (χ1n) is 4.51. The van der Waals surface area contributed by atoms with Crippen LogP contribution in [0.1, 0.15) is 5.56 Å². The highest BCUT2D eigenvalue weighted by Crippen LogP contribution is 2.01. The van der Waals surface area contributed by atoms with Gasteiger partial charge in [0, 0.05) is 0 Å². The van der Waals surface area contributed by atoms with Gasteiger partial charge in [0.2, 0.25) is 0 Å². The summed E-state index contributed by atoms with van der Waals surface area (Å²) < 4.78 is 27.1. The number of hydrogen-bond donors (Lipinski definition) is 2. The first-order chi connectivity index (χ1) is 7.52. The number of hydrogen-bond acceptors (Lipinski definition) is 2. The van der Waals surface area contributed by atoms with Crippen molar-refractivity contribution in [3.05, 3.63) is 35.9 Å². The highest BCUT2D eigenvalue weighted by atomic mass is 19.3. The van der Waals surface area contributed by atoms with Crippen LogP contribution < -0.4 is 11.5 Å². The summed E-state index contributed by atoms with van der Waals surface area (Å²) in [5, 5.41) is 0. The van der Waals surface area contributed by atoms with Crippen LogP contribution in [-0.2, 0) is 11.2 Å². The van der Waals surface area contributed by atoms with E-state index < -0.39 is 12.6 Å². The highest BCUT2D eigenvalue weighted by Gasteiger charge is 2.00. The third-order valence-corrected chi connectivity index (χ3v) is 1.48. The van der Waals surface area contributed by atoms with E-state index in [0.29, 0.717) is 6.42 Å². The molecule has 0 aromatic heterocycles. The maximum Gasteiger partial charge on any atom is 0.345 e. The topological polar surface area (TPSA) is 78.3 Å². The molecule has 0 radical (unpaired) electrons. The summed E-state index contributed by atoms with van der Waals surface area (Å²) in [6.45, 7) is -2.59. The lowest BCUT2D eigenvalue weighted by Crippen LogP contribution is -2.18. The summed E-state index contributed by atoms with van der Waals surface area (Å²) in [7, 11) is 0. The predicted molar refractivity (Wildman–Crippen MR) is 55.9 cm³/mol. The predicted octanol–water partition coefficient (Wildman–Crippen LogP) is 1.49. The standard InChI is InChI=1S/C9H10F2O.CH4N2O/c10-9(11)12-7-6-8-4-2-1-3-5-8;2-1(3)4/h1-5,9H,6-7H2;(H4,2,3,4). The molecule has 4 nitrogen and oxygen atoms in total. The Morgan fingerprint density at radius 3 is 2.19 bits per heavy atom. The molecular formula is C10H14F2N2O2. The number of amides is 2. The maximum absolute atomic E-state index is 11.5. The molecule has 16 heavy (non-hydrogen) atoms. The van der Waals surface area contributed by atoms with Crippen molar-refractivity contribution >= 4 is 6.03 Å². The van der Waals surface area contributed by atoms with E-state index in [9.17, 15) is 8.78 Å². The van der Waals surface area contributed by atoms with Crippen molar-refractivity contribution in [1.29, 1.82) is 0 Å². The minimum atomic E-state index is -2.66. The molecule has 1 aromatic rings. The molecule has 4 N–H and O–H groups in total. The SMILES string of the molecule is FC(F)OCCc1ccccc1.NC(N)=O. The Bertz CT molecular complexity index is 290. The van der Waals surface area contributed by atoms with E-state index in [2.05, 4.69) is 16.2 Å². The lowest BCUT2D eigenvalue weighted by atomic mass is 10.2. The normalized spacial score (nSPS) is 9.44. The van der Waals surface area contributed by atoms with Crippen molar-refractivity contribution in [2.75, 3.05) is 6.61 Å². The first kappa shape index (κ1) is 14.3. The molecule has 0 fully saturated rings. The van der Waals surface area contributed by atoms with Gasteiger partial charge < -0.3 is 16.2 Å². The molecule has 0 spiro atoms. The number of urea groups is 1. The van der Waals surface area contributed by atoms with Crippen LogP contribution in [0, 0.1) is 0 Å². The second-order valence-corrected chi connectivity index (χ2v) is 2.77. The molecule has 0 heterocycles. The van der Waals surface area contributed by atoms with E-state index >= 15 is 0 Å². The van der Waals surface area contributed by atoms with Gasteiger partial charge in [0.05, 0.1) is 6.61 Å². The van der Waals surface area contributed by atoms with Crippen LogP contribution >= 0.6 is 0 Å². The number of halogens is 2. The molecule has 0 aliphatic carbocycles. The average molecular weight is 232 g/mol. The van der Waals surface area contributed by atoms with Gasteiger partial charge in [-0.2, -0.15) is 8.78 Å². The molecule has 0 aliphatic heterocycles. The Labute approximate surface area is 92.2 Å². The summed E-state index contributed by atoms with van der Waals surface area (Å²) in [6, 6.07) is 8.57. The Morgan fingerprint density at radius 1 is 1.25 bits per heavy atom. The van der Waals surface area contributed by atoms with Gasteiger partial charge in [-0.05, 0) is 12.0 Å². The van der Waals surface area contributed by atoms with Crippen molar-refractivity contribution in [1.82, 2.24) is 0 Å². The Kier molecular flexibility index (Phi) is 7.70. The van der Waals surface area contributed by atoms with Gasteiger partial charge in [0.1, 0.15) is 0 Å². The smallest absolute Gasteiger partial charge is 0.345 e. The zero-order valence-electron chi connectivity index (χ0n) is 8.61. The number of benzene rings is 1. The molecular weight excluding hydrogens is 218 g/mol. The summed E-state index contributed by atoms with van der Waals surface area (Å²) >= 11 is 0. The molecule has 0 bridgehead atoms. The van der Waals surface area contributed by atoms with Gasteiger partial charge in [-0.3, -0.25) is 0 Å². The fourth-order valence-corrected chi connectivity index (χ4v) is 0.911. The van der Waals surface area contributed by atoms with Crippen LogP contribution in [-0.4, -0.2) is 19.2 Å². The largest absolute Gasteiger partial charge is 0.352 e. The van der Waals surface area contributed by atoms with Crippen LogP contribution in [0.25, 0.3) is 0 Å². The third-order valence-electron chi connectivity index (χ3n) is 1.48. The highest BCUT2D eigenvalue weighted by molar-refractivity contribution is 5.69. The van der Waals surface area contributed by atoms with Crippen molar-refractivity contribution < 1.29 is 18.3 Å². The van der Waals surface area contributed by atoms with E-state index in [4.69, 9.17) is 4.79 Å². The van der Waals surface area contributed by atoms with Gasteiger partial charge >= 0.3 is 12.6 Å². The van der Waals surface area contributed by atoms with Gasteiger partial charge in [-0.25, -0.2) is 4.79 Å². The number of rotatable bonds is 4. The van der Waals surface area contributed by atoms with Crippen LogP contribution in [0.4, 0.5) is 13.6 Å². The van der Waals surface area contributed by atoms with Gasteiger partial charge in [-0.1, -0.05) is 30.3 Å². The molecule has 0 atom stereocenters. The van der Waals surface area contributed by atoms with Crippen LogP contribution in [0.5, 0.6) is 0 Å². The van der Waals surface area contributed by atoms with Crippen molar-refractivity contribution in [2.24, 2.45) is 11.5 Å². The molecule has 90 valence electrons. The number of nitrogens with two attached hydrogens (primary N) is 2. The van der Waals surface area contributed by atoms with Crippen molar-refractivity contribution in [3.63, 3.8) is 0 Å². The number of carbonyl (C=O) groups excluding carboxylic acids is 1. The second-order valence-electron chi connectivity index (χ2n) is 2.77. The summed E-state index contributed by atoms with van der Waals surface area (Å²) in [5.41, 5.74) is 9.51. The lowest BCUT2D eigenvalue weighted by molar-refractivity contribution is -0.127. The van der Waals surface area contributed by atoms with E-state index in [0.717, 1.165) is 5.56 Å². The summed E-state index contributed by atoms with van der Waals surface area (Å²) in [5.74, 6) is 0. The molecule has 1 rings (SSSR count). The van der Waals surface area contributed by atoms with E-state index in [-0.39, 0.29) is 6.61 Å². The van der Waals surface area contributed by atoms with Crippen LogP contribution in [0.3, 0.4) is 0 Å². The summed E-state index contributed by atoms with van der Waals surface area (Å²) in [6.07, 6.45) is 0.533. The molecule has 0 aliphatic rings. The van der Waals surface area contributed by atoms with Gasteiger partial charge in [0.15, 0.2) is 0 Å². The molecule has 1 aromatic carbocycles. The number of carbonyl (C=O) groups is 1. The Balaban J connectivity index is 0.000000487. The molecule has 0 saturated heterocycles. The zero-order valence-corrected chi connectivity index (χ0v) is 8.61. The van der Waals surface area contributed by atoms with Crippen molar-refractivity contribution in [2.45, 2.75) is 13.0 Å². The van der Waals surface area contributed by atoms with Gasteiger partial charge in [0.25, 0.3) is 0 Å². The first-order valence-corrected chi connectivity index (χ1v) is 4.51. The second kappa shape index (κ2) is 8.60. The Hall–Kier alpha value is -1.69. The number of alkyl halides is 2. The van der Waals surface area contributed by atoms with E-state index in [1.807, 2.05) is 30.3 Å².